The van der Waals surface area contributed by atoms with E-state index in [4.69, 9.17) is 10.6 Å². The van der Waals surface area contributed by atoms with Crippen LogP contribution in [-0.2, 0) is 6.61 Å². The number of aliphatic hydroxyl groups excluding tert-OH is 1. The van der Waals surface area contributed by atoms with Crippen LogP contribution >= 0.6 is 0 Å². The average Bonchev–Trinajstić information content (AvgIpc) is 2.31. The van der Waals surface area contributed by atoms with Gasteiger partial charge in [-0.3, -0.25) is 0 Å². The summed E-state index contributed by atoms with van der Waals surface area (Å²) >= 11 is 0. The van der Waals surface area contributed by atoms with E-state index < -0.39 is 0 Å². The summed E-state index contributed by atoms with van der Waals surface area (Å²) < 4.78 is 0. The van der Waals surface area contributed by atoms with E-state index >= 15 is 0 Å². The highest BCUT2D eigenvalue weighted by Crippen LogP contribution is 2.17. The molecule has 0 spiro atoms. The zero-order valence-electron chi connectivity index (χ0n) is 8.59. The summed E-state index contributed by atoms with van der Waals surface area (Å²) in [4.78, 5) is 2.61. The van der Waals surface area contributed by atoms with Crippen molar-refractivity contribution in [2.75, 3.05) is 6.54 Å². The maximum absolute atomic E-state index is 9.31. The van der Waals surface area contributed by atoms with Gasteiger partial charge >= 0.3 is 0 Å². The molecule has 0 saturated carbocycles. The maximum Gasteiger partial charge on any atom is 0.121 e. The van der Waals surface area contributed by atoms with Crippen LogP contribution in [0.3, 0.4) is 0 Å². The van der Waals surface area contributed by atoms with Gasteiger partial charge < -0.3 is 10.2 Å². The lowest BCUT2D eigenvalue weighted by molar-refractivity contribution is 0.275. The summed E-state index contributed by atoms with van der Waals surface area (Å²) in [6.45, 7) is 0.120. The van der Waals surface area contributed by atoms with Crippen LogP contribution in [0.25, 0.3) is 10.4 Å². The van der Waals surface area contributed by atoms with E-state index in [1.54, 1.807) is 12.1 Å². The molecule has 82 valence electrons. The van der Waals surface area contributed by atoms with Crippen LogP contribution in [0.5, 0.6) is 5.75 Å². The van der Waals surface area contributed by atoms with Crippen molar-refractivity contribution in [2.45, 2.75) is 13.0 Å². The lowest BCUT2D eigenvalue weighted by atomic mass is 10.1. The number of hydrogen-bond acceptors (Lipinski definition) is 3. The number of aliphatic hydroxyl groups is 1. The van der Waals surface area contributed by atoms with E-state index in [1.165, 1.54) is 6.07 Å². The standard InChI is InChI=1S/C11H11N3O2/c12-14-13-6-2-1-3-9-4-5-11(16)10(7-9)8-15/h4-5,7,15-16H,2,6,8H2. The van der Waals surface area contributed by atoms with Crippen molar-refractivity contribution < 1.29 is 10.2 Å². The molecular weight excluding hydrogens is 206 g/mol. The first-order chi connectivity index (χ1) is 7.77. The molecule has 2 N–H and O–H groups in total. The van der Waals surface area contributed by atoms with Gasteiger partial charge in [-0.25, -0.2) is 0 Å². The summed E-state index contributed by atoms with van der Waals surface area (Å²) in [7, 11) is 0. The Hall–Kier alpha value is -2.15. The second-order valence-corrected chi connectivity index (χ2v) is 3.01. The fourth-order valence-corrected chi connectivity index (χ4v) is 1.11. The quantitative estimate of drug-likeness (QED) is 0.266. The Morgan fingerprint density at radius 3 is 2.94 bits per heavy atom. The van der Waals surface area contributed by atoms with Crippen LogP contribution < -0.4 is 0 Å². The van der Waals surface area contributed by atoms with E-state index in [-0.39, 0.29) is 12.4 Å². The fraction of sp³-hybridized carbons (Fsp3) is 0.273. The molecular formula is C11H11N3O2. The Kier molecular flexibility index (Phi) is 4.74. The Labute approximate surface area is 93.0 Å². The highest BCUT2D eigenvalue weighted by molar-refractivity contribution is 5.43. The molecule has 0 fully saturated rings. The monoisotopic (exact) mass is 217 g/mol. The van der Waals surface area contributed by atoms with Gasteiger partial charge in [-0.1, -0.05) is 17.0 Å². The minimum Gasteiger partial charge on any atom is -0.508 e. The van der Waals surface area contributed by atoms with Gasteiger partial charge in [-0.05, 0) is 23.7 Å². The van der Waals surface area contributed by atoms with E-state index in [1.807, 2.05) is 0 Å². The van der Waals surface area contributed by atoms with Crippen LogP contribution in [0.2, 0.25) is 0 Å². The van der Waals surface area contributed by atoms with Gasteiger partial charge in [-0.2, -0.15) is 0 Å². The fourth-order valence-electron chi connectivity index (χ4n) is 1.11. The van der Waals surface area contributed by atoms with Gasteiger partial charge in [0.05, 0.1) is 6.61 Å². The Morgan fingerprint density at radius 2 is 2.25 bits per heavy atom. The molecule has 0 heterocycles. The van der Waals surface area contributed by atoms with E-state index in [0.29, 0.717) is 24.1 Å². The first-order valence-electron chi connectivity index (χ1n) is 4.70. The predicted molar refractivity (Wildman–Crippen MR) is 59.5 cm³/mol. The molecule has 0 amide bonds. The van der Waals surface area contributed by atoms with Crippen molar-refractivity contribution in [1.29, 1.82) is 0 Å². The minimum absolute atomic E-state index is 0.0575. The number of nitrogens with zero attached hydrogens (tertiary/aromatic N) is 3. The first kappa shape index (κ1) is 11.9. The predicted octanol–water partition coefficient (Wildman–Crippen LogP) is 1.94. The topological polar surface area (TPSA) is 89.2 Å². The van der Waals surface area contributed by atoms with Gasteiger partial charge in [0.15, 0.2) is 0 Å². The van der Waals surface area contributed by atoms with Crippen molar-refractivity contribution in [3.05, 3.63) is 39.8 Å². The van der Waals surface area contributed by atoms with Gasteiger partial charge in [0.25, 0.3) is 0 Å². The average molecular weight is 217 g/mol. The van der Waals surface area contributed by atoms with Crippen LogP contribution in [-0.4, -0.2) is 16.8 Å². The molecule has 0 bridgehead atoms. The number of phenols is 1. The molecule has 0 aliphatic heterocycles. The Balaban J connectivity index is 2.70. The molecule has 1 aromatic carbocycles. The van der Waals surface area contributed by atoms with E-state index in [2.05, 4.69) is 21.9 Å². The van der Waals surface area contributed by atoms with Gasteiger partial charge in [0.2, 0.25) is 0 Å². The second kappa shape index (κ2) is 6.36. The molecule has 0 atom stereocenters. The molecule has 5 nitrogen and oxygen atoms in total. The smallest absolute Gasteiger partial charge is 0.121 e. The van der Waals surface area contributed by atoms with Crippen molar-refractivity contribution >= 4 is 0 Å². The van der Waals surface area contributed by atoms with E-state index in [9.17, 15) is 5.11 Å². The number of azide groups is 1. The molecule has 0 aromatic heterocycles. The normalized spacial score (nSPS) is 8.81. The van der Waals surface area contributed by atoms with Crippen molar-refractivity contribution in [1.82, 2.24) is 0 Å². The zero-order valence-corrected chi connectivity index (χ0v) is 8.59. The molecule has 1 rings (SSSR count). The van der Waals surface area contributed by atoms with Crippen LogP contribution in [0.1, 0.15) is 17.5 Å². The molecule has 5 heteroatoms. The van der Waals surface area contributed by atoms with Crippen molar-refractivity contribution in [3.63, 3.8) is 0 Å². The largest absolute Gasteiger partial charge is 0.508 e. The minimum atomic E-state index is -0.222. The Morgan fingerprint density at radius 1 is 1.44 bits per heavy atom. The van der Waals surface area contributed by atoms with Crippen LogP contribution in [0.4, 0.5) is 0 Å². The molecule has 16 heavy (non-hydrogen) atoms. The molecule has 0 saturated heterocycles. The highest BCUT2D eigenvalue weighted by Gasteiger charge is 1.99. The highest BCUT2D eigenvalue weighted by atomic mass is 16.3. The number of benzene rings is 1. The van der Waals surface area contributed by atoms with Crippen LogP contribution in [0.15, 0.2) is 23.3 Å². The number of rotatable bonds is 3. The molecule has 0 aliphatic rings. The summed E-state index contributed by atoms with van der Waals surface area (Å²) in [5.74, 6) is 5.74. The van der Waals surface area contributed by atoms with Crippen LogP contribution in [0, 0.1) is 11.8 Å². The van der Waals surface area contributed by atoms with Crippen molar-refractivity contribution in [3.8, 4) is 17.6 Å². The summed E-state index contributed by atoms with van der Waals surface area (Å²) in [6.07, 6.45) is 0.486. The number of hydrogen-bond donors (Lipinski definition) is 2. The van der Waals surface area contributed by atoms with Gasteiger partial charge in [0, 0.05) is 29.0 Å². The lowest BCUT2D eigenvalue weighted by Gasteiger charge is -2.00. The van der Waals surface area contributed by atoms with Gasteiger partial charge in [-0.15, -0.1) is 0 Å². The molecule has 0 aliphatic carbocycles. The second-order valence-electron chi connectivity index (χ2n) is 3.01. The van der Waals surface area contributed by atoms with E-state index in [0.717, 1.165) is 0 Å². The SMILES string of the molecule is [N-]=[N+]=NCCC#Cc1ccc(O)c(CO)c1. The molecule has 0 unspecified atom stereocenters. The summed E-state index contributed by atoms with van der Waals surface area (Å²) in [5, 5.41) is 21.6. The third-order valence-corrected chi connectivity index (χ3v) is 1.88. The summed E-state index contributed by atoms with van der Waals surface area (Å²) in [6, 6.07) is 4.77. The first-order valence-corrected chi connectivity index (χ1v) is 4.70. The number of aromatic hydroxyl groups is 1. The third kappa shape index (κ3) is 3.54. The maximum atomic E-state index is 9.31. The molecule has 1 aromatic rings. The Bertz CT molecular complexity index is 468. The third-order valence-electron chi connectivity index (χ3n) is 1.88. The van der Waals surface area contributed by atoms with Gasteiger partial charge in [0.1, 0.15) is 5.75 Å². The molecule has 0 radical (unpaired) electrons. The van der Waals surface area contributed by atoms with Crippen molar-refractivity contribution in [2.24, 2.45) is 5.11 Å². The lowest BCUT2D eigenvalue weighted by Crippen LogP contribution is -1.85. The zero-order chi connectivity index (χ0) is 11.8. The summed E-state index contributed by atoms with van der Waals surface area (Å²) in [5.41, 5.74) is 9.19.